The summed E-state index contributed by atoms with van der Waals surface area (Å²) in [6.45, 7) is 1.95. The lowest BCUT2D eigenvalue weighted by molar-refractivity contribution is 0.415. The van der Waals surface area contributed by atoms with Crippen molar-refractivity contribution in [3.05, 3.63) is 58.4 Å². The van der Waals surface area contributed by atoms with Gasteiger partial charge in [-0.15, -0.1) is 5.10 Å². The number of methoxy groups -OCH3 is 1. The van der Waals surface area contributed by atoms with Crippen LogP contribution < -0.4 is 15.6 Å². The van der Waals surface area contributed by atoms with Gasteiger partial charge in [-0.25, -0.2) is 4.98 Å². The van der Waals surface area contributed by atoms with Gasteiger partial charge in [0.05, 0.1) is 18.0 Å². The summed E-state index contributed by atoms with van der Waals surface area (Å²) in [4.78, 5) is 17.7. The molecule has 0 aliphatic heterocycles. The molecule has 1 N–H and O–H groups in total. The average molecular weight is 338 g/mol. The molecule has 2 heterocycles. The van der Waals surface area contributed by atoms with Crippen LogP contribution >= 0.6 is 11.3 Å². The highest BCUT2D eigenvalue weighted by molar-refractivity contribution is 7.20. The van der Waals surface area contributed by atoms with Gasteiger partial charge in [-0.3, -0.25) is 4.79 Å². The van der Waals surface area contributed by atoms with E-state index in [1.165, 1.54) is 15.9 Å². The largest absolute Gasteiger partial charge is 0.497 e. The fourth-order valence-electron chi connectivity index (χ4n) is 2.47. The van der Waals surface area contributed by atoms with Crippen molar-refractivity contribution in [3.63, 3.8) is 0 Å². The first-order valence-corrected chi connectivity index (χ1v) is 8.17. The molecule has 0 unspecified atom stereocenters. The Hall–Kier alpha value is -2.93. The molecule has 0 saturated heterocycles. The second-order valence-corrected chi connectivity index (χ2v) is 6.35. The van der Waals surface area contributed by atoms with Crippen molar-refractivity contribution in [3.8, 4) is 5.75 Å². The van der Waals surface area contributed by atoms with Gasteiger partial charge in [0.2, 0.25) is 10.1 Å². The summed E-state index contributed by atoms with van der Waals surface area (Å²) in [6, 6.07) is 13.1. The summed E-state index contributed by atoms with van der Waals surface area (Å²) in [5, 5.41) is 8.72. The molecule has 7 heteroatoms. The molecule has 2 aromatic heterocycles. The Bertz CT molecular complexity index is 1100. The minimum atomic E-state index is -0.155. The number of nitrogens with one attached hydrogen (secondary N) is 1. The van der Waals surface area contributed by atoms with Gasteiger partial charge in [-0.05, 0) is 43.3 Å². The molecule has 120 valence electrons. The molecule has 0 amide bonds. The van der Waals surface area contributed by atoms with Crippen molar-refractivity contribution in [2.75, 3.05) is 12.4 Å². The molecule has 0 aliphatic carbocycles. The van der Waals surface area contributed by atoms with Crippen LogP contribution in [-0.2, 0) is 0 Å². The SMILES string of the molecule is COc1ccc(Nc2nn3c(=O)c4cc(C)ccc4nc3s2)cc1. The van der Waals surface area contributed by atoms with E-state index in [4.69, 9.17) is 4.74 Å². The summed E-state index contributed by atoms with van der Waals surface area (Å²) < 4.78 is 6.49. The van der Waals surface area contributed by atoms with Crippen LogP contribution in [0.25, 0.3) is 15.9 Å². The van der Waals surface area contributed by atoms with Gasteiger partial charge >= 0.3 is 0 Å². The minimum absolute atomic E-state index is 0.155. The first kappa shape index (κ1) is 14.6. The third kappa shape index (κ3) is 2.48. The first-order valence-electron chi connectivity index (χ1n) is 7.35. The predicted molar refractivity (Wildman–Crippen MR) is 95.7 cm³/mol. The molecule has 0 spiro atoms. The van der Waals surface area contributed by atoms with Gasteiger partial charge in [-0.1, -0.05) is 23.0 Å². The highest BCUT2D eigenvalue weighted by Gasteiger charge is 2.11. The molecule has 0 bridgehead atoms. The monoisotopic (exact) mass is 338 g/mol. The summed E-state index contributed by atoms with van der Waals surface area (Å²) in [7, 11) is 1.63. The number of ether oxygens (including phenoxy) is 1. The van der Waals surface area contributed by atoms with Crippen molar-refractivity contribution < 1.29 is 4.74 Å². The number of benzene rings is 2. The van der Waals surface area contributed by atoms with Crippen LogP contribution in [0.1, 0.15) is 5.56 Å². The van der Waals surface area contributed by atoms with E-state index in [0.29, 0.717) is 21.0 Å². The highest BCUT2D eigenvalue weighted by atomic mass is 32.1. The number of fused-ring (bicyclic) bond motifs is 2. The Kier molecular flexibility index (Phi) is 3.42. The van der Waals surface area contributed by atoms with Crippen LogP contribution in [0.15, 0.2) is 47.3 Å². The predicted octanol–water partition coefficient (Wildman–Crippen LogP) is 3.36. The molecule has 0 aliphatic rings. The Morgan fingerprint density at radius 3 is 2.71 bits per heavy atom. The lowest BCUT2D eigenvalue weighted by atomic mass is 10.2. The van der Waals surface area contributed by atoms with Crippen LogP contribution in [0.5, 0.6) is 5.75 Å². The van der Waals surface area contributed by atoms with Crippen molar-refractivity contribution in [1.82, 2.24) is 14.6 Å². The molecular formula is C17H14N4O2S. The minimum Gasteiger partial charge on any atom is -0.497 e. The van der Waals surface area contributed by atoms with Crippen LogP contribution in [0.4, 0.5) is 10.8 Å². The van der Waals surface area contributed by atoms with E-state index in [1.54, 1.807) is 7.11 Å². The van der Waals surface area contributed by atoms with Gasteiger partial charge in [-0.2, -0.15) is 4.52 Å². The van der Waals surface area contributed by atoms with Crippen LogP contribution in [0.2, 0.25) is 0 Å². The summed E-state index contributed by atoms with van der Waals surface area (Å²) in [6.07, 6.45) is 0. The van der Waals surface area contributed by atoms with Crippen LogP contribution in [-0.4, -0.2) is 21.7 Å². The molecule has 4 aromatic rings. The summed E-state index contributed by atoms with van der Waals surface area (Å²) >= 11 is 1.33. The van der Waals surface area contributed by atoms with Crippen molar-refractivity contribution in [1.29, 1.82) is 0 Å². The topological polar surface area (TPSA) is 68.5 Å². The molecule has 4 rings (SSSR count). The quantitative estimate of drug-likeness (QED) is 0.620. The Labute approximate surface area is 141 Å². The third-order valence-corrected chi connectivity index (χ3v) is 4.52. The number of anilines is 2. The lowest BCUT2D eigenvalue weighted by Crippen LogP contribution is -2.15. The number of aryl methyl sites for hydroxylation is 1. The average Bonchev–Trinajstić information content (AvgIpc) is 2.99. The molecule has 0 fully saturated rings. The van der Waals surface area contributed by atoms with E-state index in [9.17, 15) is 4.79 Å². The van der Waals surface area contributed by atoms with Crippen molar-refractivity contribution >= 4 is 38.0 Å². The fraction of sp³-hybridized carbons (Fsp3) is 0.118. The fourth-order valence-corrected chi connectivity index (χ4v) is 3.29. The zero-order valence-electron chi connectivity index (χ0n) is 13.1. The molecule has 24 heavy (non-hydrogen) atoms. The Balaban J connectivity index is 1.78. The number of aromatic nitrogens is 3. The van der Waals surface area contributed by atoms with E-state index < -0.39 is 0 Å². The third-order valence-electron chi connectivity index (χ3n) is 3.69. The van der Waals surface area contributed by atoms with Crippen LogP contribution in [0, 0.1) is 6.92 Å². The maximum Gasteiger partial charge on any atom is 0.283 e. The molecule has 0 radical (unpaired) electrons. The van der Waals surface area contributed by atoms with Gasteiger partial charge in [0, 0.05) is 5.69 Å². The second-order valence-electron chi connectivity index (χ2n) is 5.39. The van der Waals surface area contributed by atoms with E-state index in [0.717, 1.165) is 17.0 Å². The van der Waals surface area contributed by atoms with Gasteiger partial charge in [0.1, 0.15) is 5.75 Å². The van der Waals surface area contributed by atoms with E-state index in [1.807, 2.05) is 49.4 Å². The normalized spacial score (nSPS) is 11.1. The number of nitrogens with zero attached hydrogens (tertiary/aromatic N) is 3. The number of hydrogen-bond acceptors (Lipinski definition) is 6. The number of rotatable bonds is 3. The van der Waals surface area contributed by atoms with E-state index >= 15 is 0 Å². The Morgan fingerprint density at radius 2 is 1.96 bits per heavy atom. The summed E-state index contributed by atoms with van der Waals surface area (Å²) in [5.41, 5.74) is 2.42. The van der Waals surface area contributed by atoms with Gasteiger partial charge in [0.25, 0.3) is 5.56 Å². The zero-order valence-corrected chi connectivity index (χ0v) is 13.9. The molecule has 0 saturated carbocycles. The van der Waals surface area contributed by atoms with Crippen molar-refractivity contribution in [2.24, 2.45) is 0 Å². The second kappa shape index (κ2) is 5.61. The van der Waals surface area contributed by atoms with E-state index in [2.05, 4.69) is 15.4 Å². The zero-order chi connectivity index (χ0) is 16.7. The first-order chi connectivity index (χ1) is 11.6. The maximum absolute atomic E-state index is 12.6. The standard InChI is InChI=1S/C17H14N4O2S/c1-10-3-8-14-13(9-10)15(22)21-17(19-14)24-16(20-21)18-11-4-6-12(23-2)7-5-11/h3-9H,1-2H3,(H,18,20). The molecular weight excluding hydrogens is 324 g/mol. The smallest absolute Gasteiger partial charge is 0.283 e. The maximum atomic E-state index is 12.6. The van der Waals surface area contributed by atoms with Gasteiger partial charge < -0.3 is 10.1 Å². The van der Waals surface area contributed by atoms with E-state index in [-0.39, 0.29) is 5.56 Å². The molecule has 2 aromatic carbocycles. The highest BCUT2D eigenvalue weighted by Crippen LogP contribution is 2.24. The molecule has 6 nitrogen and oxygen atoms in total. The van der Waals surface area contributed by atoms with Crippen molar-refractivity contribution in [2.45, 2.75) is 6.92 Å². The molecule has 0 atom stereocenters. The number of hydrogen-bond donors (Lipinski definition) is 1. The summed E-state index contributed by atoms with van der Waals surface area (Å²) in [5.74, 6) is 0.782. The Morgan fingerprint density at radius 1 is 1.17 bits per heavy atom. The van der Waals surface area contributed by atoms with Crippen LogP contribution in [0.3, 0.4) is 0 Å². The van der Waals surface area contributed by atoms with Gasteiger partial charge in [0.15, 0.2) is 0 Å². The lowest BCUT2D eigenvalue weighted by Gasteiger charge is -2.03.